The molecule has 0 unspecified atom stereocenters. The minimum absolute atomic E-state index is 0. The molecule has 0 aliphatic rings. The third-order valence-electron chi connectivity index (χ3n) is 0.937. The van der Waals surface area contributed by atoms with Crippen LogP contribution in [0.2, 0.25) is 5.02 Å². The zero-order valence-corrected chi connectivity index (χ0v) is 8.63. The van der Waals surface area contributed by atoms with Gasteiger partial charge >= 0.3 is 29.6 Å². The zero-order valence-electron chi connectivity index (χ0n) is 5.87. The molecule has 0 saturated heterocycles. The summed E-state index contributed by atoms with van der Waals surface area (Å²) in [5, 5.41) is 10.5. The van der Waals surface area contributed by atoms with Gasteiger partial charge in [-0.3, -0.25) is 4.98 Å². The largest absolute Gasteiger partial charge is 1.00 e. The van der Waals surface area contributed by atoms with Crippen molar-refractivity contribution in [2.45, 2.75) is 0 Å². The molecule has 0 fully saturated rings. The number of carboxylic acids is 1. The number of carboxylic acid groups (broad SMARTS) is 1. The normalized spacial score (nSPS) is 8.45. The van der Waals surface area contributed by atoms with Crippen LogP contribution in [-0.2, 0) is 0 Å². The molecule has 0 N–H and O–H groups in total. The van der Waals surface area contributed by atoms with Gasteiger partial charge in [0, 0.05) is 6.20 Å². The van der Waals surface area contributed by atoms with Gasteiger partial charge in [-0.05, 0) is 12.1 Å². The maximum Gasteiger partial charge on any atom is 1.00 e. The Kier molecular flexibility index (Phi) is 4.68. The third-order valence-corrected chi connectivity index (χ3v) is 1.16. The third kappa shape index (κ3) is 3.20. The van der Waals surface area contributed by atoms with Crippen LogP contribution in [0.1, 0.15) is 10.5 Å². The van der Waals surface area contributed by atoms with Gasteiger partial charge in [-0.15, -0.1) is 0 Å². The summed E-state index contributed by atoms with van der Waals surface area (Å²) in [5.41, 5.74) is -0.107. The Labute approximate surface area is 90.7 Å². The summed E-state index contributed by atoms with van der Waals surface area (Å²) in [6.07, 6.45) is 1.26. The van der Waals surface area contributed by atoms with E-state index in [0.29, 0.717) is 5.02 Å². The number of carbonyl (C=O) groups excluding carboxylic acids is 1. The van der Waals surface area contributed by atoms with Crippen molar-refractivity contribution >= 4 is 17.6 Å². The van der Waals surface area contributed by atoms with Crippen molar-refractivity contribution in [2.24, 2.45) is 0 Å². The molecular formula is C6H3ClNNaO2. The van der Waals surface area contributed by atoms with Crippen LogP contribution in [0, 0.1) is 0 Å². The minimum atomic E-state index is -1.29. The fraction of sp³-hybridized carbons (Fsp3) is 0. The Balaban J connectivity index is 0.000001000. The van der Waals surface area contributed by atoms with Crippen LogP contribution >= 0.6 is 11.6 Å². The Hall–Kier alpha value is -0.0900. The van der Waals surface area contributed by atoms with Gasteiger partial charge in [0.05, 0.1) is 16.7 Å². The van der Waals surface area contributed by atoms with E-state index in [2.05, 4.69) is 4.98 Å². The first kappa shape index (κ1) is 10.9. The Morgan fingerprint density at radius 1 is 1.55 bits per heavy atom. The van der Waals surface area contributed by atoms with Gasteiger partial charge in [0.15, 0.2) is 0 Å². The molecule has 5 heteroatoms. The maximum absolute atomic E-state index is 10.1. The fourth-order valence-corrected chi connectivity index (χ4v) is 0.608. The SMILES string of the molecule is O=C([O-])c1ccc(Cl)cn1.[Na+]. The second-order valence-corrected chi connectivity index (χ2v) is 2.09. The number of carbonyl (C=O) groups is 1. The molecule has 0 bridgehead atoms. The molecule has 1 aromatic rings. The first-order valence-electron chi connectivity index (χ1n) is 2.53. The smallest absolute Gasteiger partial charge is 0.543 e. The summed E-state index contributed by atoms with van der Waals surface area (Å²) in [6.45, 7) is 0. The standard InChI is InChI=1S/C6H4ClNO2.Na/c7-4-1-2-5(6(9)10)8-3-4;/h1-3H,(H,9,10);/q;+1/p-1. The van der Waals surface area contributed by atoms with Crippen molar-refractivity contribution < 1.29 is 39.5 Å². The quantitative estimate of drug-likeness (QED) is 0.435. The molecule has 0 aliphatic carbocycles. The number of nitrogens with zero attached hydrogens (tertiary/aromatic N) is 1. The molecule has 0 atom stereocenters. The predicted octanol–water partition coefficient (Wildman–Crippen LogP) is -2.90. The van der Waals surface area contributed by atoms with Gasteiger partial charge in [0.25, 0.3) is 0 Å². The van der Waals surface area contributed by atoms with E-state index in [1.807, 2.05) is 0 Å². The summed E-state index contributed by atoms with van der Waals surface area (Å²) in [7, 11) is 0. The molecule has 52 valence electrons. The van der Waals surface area contributed by atoms with Crippen molar-refractivity contribution in [2.75, 3.05) is 0 Å². The second-order valence-electron chi connectivity index (χ2n) is 1.65. The van der Waals surface area contributed by atoms with E-state index >= 15 is 0 Å². The predicted molar refractivity (Wildman–Crippen MR) is 33.6 cm³/mol. The van der Waals surface area contributed by atoms with Gasteiger partial charge in [-0.1, -0.05) is 11.6 Å². The Morgan fingerprint density at radius 2 is 2.18 bits per heavy atom. The summed E-state index contributed by atoms with van der Waals surface area (Å²) < 4.78 is 0. The molecule has 1 heterocycles. The van der Waals surface area contributed by atoms with Gasteiger partial charge < -0.3 is 9.90 Å². The fourth-order valence-electron chi connectivity index (χ4n) is 0.497. The van der Waals surface area contributed by atoms with Crippen LogP contribution in [0.5, 0.6) is 0 Å². The van der Waals surface area contributed by atoms with Crippen LogP contribution in [0.15, 0.2) is 18.3 Å². The zero-order chi connectivity index (χ0) is 7.56. The molecule has 0 saturated carbocycles. The molecular weight excluding hydrogens is 177 g/mol. The number of aromatic nitrogens is 1. The minimum Gasteiger partial charge on any atom is -0.543 e. The average Bonchev–Trinajstić information content (AvgIpc) is 1.88. The molecule has 0 aliphatic heterocycles. The summed E-state index contributed by atoms with van der Waals surface area (Å²) in [6, 6.07) is 2.73. The Bertz CT molecular complexity index is 249. The molecule has 0 aromatic carbocycles. The first-order valence-corrected chi connectivity index (χ1v) is 2.91. The summed E-state index contributed by atoms with van der Waals surface area (Å²) in [5.74, 6) is -1.29. The van der Waals surface area contributed by atoms with Crippen LogP contribution in [0.3, 0.4) is 0 Å². The molecule has 1 rings (SSSR count). The van der Waals surface area contributed by atoms with Gasteiger partial charge in [0.2, 0.25) is 0 Å². The average molecular weight is 180 g/mol. The molecule has 0 amide bonds. The number of pyridine rings is 1. The van der Waals surface area contributed by atoms with Crippen LogP contribution in [0.25, 0.3) is 0 Å². The van der Waals surface area contributed by atoms with Crippen molar-refractivity contribution in [3.63, 3.8) is 0 Å². The summed E-state index contributed by atoms with van der Waals surface area (Å²) >= 11 is 5.44. The summed E-state index contributed by atoms with van der Waals surface area (Å²) in [4.78, 5) is 13.6. The van der Waals surface area contributed by atoms with Crippen LogP contribution in [0.4, 0.5) is 0 Å². The molecule has 11 heavy (non-hydrogen) atoms. The number of hydrogen-bond donors (Lipinski definition) is 0. The van der Waals surface area contributed by atoms with E-state index in [4.69, 9.17) is 11.6 Å². The molecule has 0 spiro atoms. The number of aromatic carboxylic acids is 1. The van der Waals surface area contributed by atoms with Crippen LogP contribution < -0.4 is 34.7 Å². The first-order chi connectivity index (χ1) is 4.70. The van der Waals surface area contributed by atoms with Crippen molar-refractivity contribution in [3.05, 3.63) is 29.0 Å². The van der Waals surface area contributed by atoms with E-state index in [1.165, 1.54) is 18.3 Å². The van der Waals surface area contributed by atoms with Crippen molar-refractivity contribution in [1.29, 1.82) is 0 Å². The van der Waals surface area contributed by atoms with E-state index in [1.54, 1.807) is 0 Å². The number of rotatable bonds is 1. The number of halogens is 1. The van der Waals surface area contributed by atoms with Gasteiger partial charge in [-0.25, -0.2) is 0 Å². The molecule has 0 radical (unpaired) electrons. The van der Waals surface area contributed by atoms with Crippen LogP contribution in [-0.4, -0.2) is 11.0 Å². The Morgan fingerprint density at radius 3 is 2.55 bits per heavy atom. The van der Waals surface area contributed by atoms with Crippen molar-refractivity contribution in [1.82, 2.24) is 4.98 Å². The molecule has 1 aromatic heterocycles. The van der Waals surface area contributed by atoms with E-state index < -0.39 is 5.97 Å². The topological polar surface area (TPSA) is 53.0 Å². The second kappa shape index (κ2) is 4.72. The van der Waals surface area contributed by atoms with Gasteiger partial charge in [0.1, 0.15) is 0 Å². The number of hydrogen-bond acceptors (Lipinski definition) is 3. The van der Waals surface area contributed by atoms with Gasteiger partial charge in [-0.2, -0.15) is 0 Å². The van der Waals surface area contributed by atoms with Crippen molar-refractivity contribution in [3.8, 4) is 0 Å². The van der Waals surface area contributed by atoms with E-state index in [0.717, 1.165) is 0 Å². The monoisotopic (exact) mass is 179 g/mol. The molecule has 3 nitrogen and oxygen atoms in total. The van der Waals surface area contributed by atoms with E-state index in [9.17, 15) is 9.90 Å². The van der Waals surface area contributed by atoms with E-state index in [-0.39, 0.29) is 35.3 Å². The maximum atomic E-state index is 10.1.